The smallest absolute Gasteiger partial charge is 0.180 e. The molecule has 2 nitrogen and oxygen atoms in total. The summed E-state index contributed by atoms with van der Waals surface area (Å²) in [5, 5.41) is 0.641. The van der Waals surface area contributed by atoms with Crippen molar-refractivity contribution < 1.29 is 0 Å². The maximum atomic E-state index is 5.70. The second-order valence-electron chi connectivity index (χ2n) is 3.78. The average Bonchev–Trinajstić information content (AvgIpc) is 2.45. The zero-order valence-electron chi connectivity index (χ0n) is 9.16. The van der Waals surface area contributed by atoms with Crippen molar-refractivity contribution in [2.75, 3.05) is 5.73 Å². The van der Waals surface area contributed by atoms with Gasteiger partial charge in [-0.25, -0.2) is 4.98 Å². The summed E-state index contributed by atoms with van der Waals surface area (Å²) in [5.74, 6) is 0. The summed E-state index contributed by atoms with van der Waals surface area (Å²) >= 11 is 1.54. The van der Waals surface area contributed by atoms with Gasteiger partial charge < -0.3 is 5.73 Å². The van der Waals surface area contributed by atoms with E-state index in [0.29, 0.717) is 5.13 Å². The van der Waals surface area contributed by atoms with Crippen molar-refractivity contribution in [1.29, 1.82) is 0 Å². The number of nitrogens with zero attached hydrogens (tertiary/aromatic N) is 1. The molecule has 78 valence electrons. The Balaban J connectivity index is 2.59. The number of benzene rings is 1. The third-order valence-electron chi connectivity index (χ3n) is 2.45. The van der Waals surface area contributed by atoms with Gasteiger partial charge in [0.2, 0.25) is 0 Å². The van der Waals surface area contributed by atoms with Gasteiger partial charge in [0, 0.05) is 10.4 Å². The lowest BCUT2D eigenvalue weighted by Gasteiger charge is -2.04. The van der Waals surface area contributed by atoms with Gasteiger partial charge in [-0.15, -0.1) is 11.3 Å². The Morgan fingerprint density at radius 3 is 2.47 bits per heavy atom. The SMILES string of the molecule is Cc1ccc(-c2nc(N)sc2C)c(C)c1. The van der Waals surface area contributed by atoms with E-state index in [2.05, 4.69) is 44.0 Å². The molecule has 2 rings (SSSR count). The number of nitrogen functional groups attached to an aromatic ring is 1. The minimum absolute atomic E-state index is 0.641. The van der Waals surface area contributed by atoms with Crippen molar-refractivity contribution in [1.82, 2.24) is 4.98 Å². The van der Waals surface area contributed by atoms with Crippen LogP contribution in [0.1, 0.15) is 16.0 Å². The van der Waals surface area contributed by atoms with Crippen molar-refractivity contribution in [2.45, 2.75) is 20.8 Å². The topological polar surface area (TPSA) is 38.9 Å². The van der Waals surface area contributed by atoms with Gasteiger partial charge in [0.15, 0.2) is 5.13 Å². The van der Waals surface area contributed by atoms with E-state index in [1.165, 1.54) is 21.6 Å². The molecule has 0 aliphatic carbocycles. The number of thiazole rings is 1. The Morgan fingerprint density at radius 1 is 1.20 bits per heavy atom. The number of aromatic nitrogens is 1. The summed E-state index contributed by atoms with van der Waals surface area (Å²) in [6.45, 7) is 6.26. The zero-order chi connectivity index (χ0) is 11.0. The number of rotatable bonds is 1. The van der Waals surface area contributed by atoms with Crippen LogP contribution in [0.15, 0.2) is 18.2 Å². The van der Waals surface area contributed by atoms with Gasteiger partial charge >= 0.3 is 0 Å². The van der Waals surface area contributed by atoms with Gasteiger partial charge in [0.25, 0.3) is 0 Å². The fourth-order valence-electron chi connectivity index (χ4n) is 1.75. The summed E-state index contributed by atoms with van der Waals surface area (Å²) in [5.41, 5.74) is 10.4. The highest BCUT2D eigenvalue weighted by molar-refractivity contribution is 7.15. The molecule has 0 atom stereocenters. The van der Waals surface area contributed by atoms with Crippen LogP contribution in [0.5, 0.6) is 0 Å². The van der Waals surface area contributed by atoms with Crippen LogP contribution >= 0.6 is 11.3 Å². The van der Waals surface area contributed by atoms with Gasteiger partial charge in [-0.2, -0.15) is 0 Å². The highest BCUT2D eigenvalue weighted by Gasteiger charge is 2.09. The number of hydrogen-bond donors (Lipinski definition) is 1. The van der Waals surface area contributed by atoms with Crippen LogP contribution in [0.4, 0.5) is 5.13 Å². The molecular weight excluding hydrogens is 204 g/mol. The molecule has 0 spiro atoms. The Hall–Kier alpha value is -1.35. The lowest BCUT2D eigenvalue weighted by Crippen LogP contribution is -1.88. The van der Waals surface area contributed by atoms with Crippen molar-refractivity contribution in [3.63, 3.8) is 0 Å². The van der Waals surface area contributed by atoms with Gasteiger partial charge in [0.05, 0.1) is 5.69 Å². The van der Waals surface area contributed by atoms with Crippen LogP contribution in [0.2, 0.25) is 0 Å². The van der Waals surface area contributed by atoms with Gasteiger partial charge in [-0.1, -0.05) is 23.8 Å². The summed E-state index contributed by atoms with van der Waals surface area (Å²) < 4.78 is 0. The molecule has 0 amide bonds. The minimum atomic E-state index is 0.641. The first kappa shape index (κ1) is 10.2. The fraction of sp³-hybridized carbons (Fsp3) is 0.250. The molecule has 0 aliphatic rings. The van der Waals surface area contributed by atoms with Crippen molar-refractivity contribution in [3.05, 3.63) is 34.2 Å². The summed E-state index contributed by atoms with van der Waals surface area (Å²) in [7, 11) is 0. The molecule has 1 aromatic carbocycles. The molecule has 0 saturated heterocycles. The van der Waals surface area contributed by atoms with E-state index in [4.69, 9.17) is 5.73 Å². The molecule has 0 saturated carbocycles. The fourth-order valence-corrected chi connectivity index (χ4v) is 2.45. The maximum Gasteiger partial charge on any atom is 0.180 e. The Kier molecular flexibility index (Phi) is 2.49. The predicted molar refractivity (Wildman–Crippen MR) is 66.2 cm³/mol. The van der Waals surface area contributed by atoms with Crippen LogP contribution < -0.4 is 5.73 Å². The second-order valence-corrected chi connectivity index (χ2v) is 5.01. The van der Waals surface area contributed by atoms with Crippen molar-refractivity contribution in [2.24, 2.45) is 0 Å². The Labute approximate surface area is 93.8 Å². The number of anilines is 1. The molecule has 2 aromatic rings. The van der Waals surface area contributed by atoms with E-state index in [0.717, 1.165) is 5.69 Å². The van der Waals surface area contributed by atoms with Crippen LogP contribution in [0, 0.1) is 20.8 Å². The molecule has 0 bridgehead atoms. The molecule has 1 aromatic heterocycles. The highest BCUT2D eigenvalue weighted by Crippen LogP contribution is 2.31. The van der Waals surface area contributed by atoms with E-state index >= 15 is 0 Å². The number of aryl methyl sites for hydroxylation is 3. The van der Waals surface area contributed by atoms with Crippen LogP contribution in [-0.2, 0) is 0 Å². The third-order valence-corrected chi connectivity index (χ3v) is 3.25. The third kappa shape index (κ3) is 1.88. The van der Waals surface area contributed by atoms with Crippen LogP contribution in [-0.4, -0.2) is 4.98 Å². The molecule has 0 fully saturated rings. The normalized spacial score (nSPS) is 10.6. The quantitative estimate of drug-likeness (QED) is 0.797. The molecule has 0 unspecified atom stereocenters. The van der Waals surface area contributed by atoms with Gasteiger partial charge in [0.1, 0.15) is 0 Å². The second kappa shape index (κ2) is 3.66. The maximum absolute atomic E-state index is 5.70. The number of nitrogens with two attached hydrogens (primary N) is 1. The molecule has 15 heavy (non-hydrogen) atoms. The van der Waals surface area contributed by atoms with Crippen molar-refractivity contribution >= 4 is 16.5 Å². The molecule has 0 radical (unpaired) electrons. The van der Waals surface area contributed by atoms with E-state index < -0.39 is 0 Å². The Morgan fingerprint density at radius 2 is 1.93 bits per heavy atom. The van der Waals surface area contributed by atoms with Gasteiger partial charge in [-0.3, -0.25) is 0 Å². The molecule has 1 heterocycles. The highest BCUT2D eigenvalue weighted by atomic mass is 32.1. The zero-order valence-corrected chi connectivity index (χ0v) is 9.98. The molecular formula is C12H14N2S. The lowest BCUT2D eigenvalue weighted by molar-refractivity contribution is 1.32. The van der Waals surface area contributed by atoms with E-state index in [1.807, 2.05) is 0 Å². The predicted octanol–water partition coefficient (Wildman–Crippen LogP) is 3.32. The molecule has 3 heteroatoms. The number of hydrogen-bond acceptors (Lipinski definition) is 3. The average molecular weight is 218 g/mol. The lowest BCUT2D eigenvalue weighted by atomic mass is 10.0. The molecule has 2 N–H and O–H groups in total. The monoisotopic (exact) mass is 218 g/mol. The summed E-state index contributed by atoms with van der Waals surface area (Å²) in [6, 6.07) is 6.40. The van der Waals surface area contributed by atoms with Crippen molar-refractivity contribution in [3.8, 4) is 11.3 Å². The van der Waals surface area contributed by atoms with E-state index in [-0.39, 0.29) is 0 Å². The van der Waals surface area contributed by atoms with Gasteiger partial charge in [-0.05, 0) is 26.3 Å². The standard InChI is InChI=1S/C12H14N2S/c1-7-4-5-10(8(2)6-7)11-9(3)15-12(13)14-11/h4-6H,1-3H3,(H2,13,14). The summed E-state index contributed by atoms with van der Waals surface area (Å²) in [4.78, 5) is 5.55. The first-order valence-electron chi connectivity index (χ1n) is 4.88. The van der Waals surface area contributed by atoms with Crippen LogP contribution in [0.25, 0.3) is 11.3 Å². The molecule has 0 aliphatic heterocycles. The van der Waals surface area contributed by atoms with E-state index in [1.54, 1.807) is 11.3 Å². The van der Waals surface area contributed by atoms with E-state index in [9.17, 15) is 0 Å². The first-order chi connectivity index (χ1) is 7.08. The largest absolute Gasteiger partial charge is 0.375 e. The minimum Gasteiger partial charge on any atom is -0.375 e. The van der Waals surface area contributed by atoms with Crippen LogP contribution in [0.3, 0.4) is 0 Å². The summed E-state index contributed by atoms with van der Waals surface area (Å²) in [6.07, 6.45) is 0. The Bertz CT molecular complexity index is 500. The first-order valence-corrected chi connectivity index (χ1v) is 5.70.